The van der Waals surface area contributed by atoms with E-state index in [-0.39, 0.29) is 6.04 Å². The number of fused-ring (bicyclic) bond motifs is 1. The predicted octanol–water partition coefficient (Wildman–Crippen LogP) is 3.48. The van der Waals surface area contributed by atoms with Crippen LogP contribution in [0, 0.1) is 6.92 Å². The summed E-state index contributed by atoms with van der Waals surface area (Å²) in [4.78, 5) is 4.34. The molecule has 2 aromatic heterocycles. The molecule has 0 spiro atoms. The standard InChI is InChI=1S/C14H15N3O2/c1-8-6-7-11(18-8)9(2)16-14-17-13-10(15)4-3-5-12(13)19-14/h3-7,9H,15H2,1-2H3,(H,16,17). The fraction of sp³-hybridized carbons (Fsp3) is 0.214. The van der Waals surface area contributed by atoms with Gasteiger partial charge in [-0.05, 0) is 38.1 Å². The second-order valence-electron chi connectivity index (χ2n) is 4.53. The zero-order chi connectivity index (χ0) is 13.4. The SMILES string of the molecule is Cc1ccc(C(C)Nc2nc3c(N)cccc3o2)o1. The average Bonchev–Trinajstić information content (AvgIpc) is 2.96. The van der Waals surface area contributed by atoms with Crippen LogP contribution in [0.2, 0.25) is 0 Å². The van der Waals surface area contributed by atoms with Crippen LogP contribution in [0.5, 0.6) is 0 Å². The Hall–Kier alpha value is -2.43. The Morgan fingerprint density at radius 1 is 1.21 bits per heavy atom. The second kappa shape index (κ2) is 4.35. The van der Waals surface area contributed by atoms with Crippen molar-refractivity contribution in [2.75, 3.05) is 11.1 Å². The van der Waals surface area contributed by atoms with E-state index in [9.17, 15) is 0 Å². The first-order valence-electron chi connectivity index (χ1n) is 6.11. The number of nitrogens with two attached hydrogens (primary N) is 1. The number of para-hydroxylation sites is 1. The molecule has 0 fully saturated rings. The number of nitrogens with one attached hydrogen (secondary N) is 1. The molecule has 0 aliphatic heterocycles. The zero-order valence-electron chi connectivity index (χ0n) is 10.8. The van der Waals surface area contributed by atoms with Crippen molar-refractivity contribution >= 4 is 22.8 Å². The lowest BCUT2D eigenvalue weighted by Crippen LogP contribution is -2.05. The number of anilines is 2. The maximum Gasteiger partial charge on any atom is 0.296 e. The summed E-state index contributed by atoms with van der Waals surface area (Å²) in [7, 11) is 0. The van der Waals surface area contributed by atoms with Crippen LogP contribution in [0.4, 0.5) is 11.7 Å². The largest absolute Gasteiger partial charge is 0.464 e. The Bertz CT molecular complexity index is 714. The summed E-state index contributed by atoms with van der Waals surface area (Å²) in [5, 5.41) is 3.16. The van der Waals surface area contributed by atoms with Gasteiger partial charge in [0.2, 0.25) is 0 Å². The van der Waals surface area contributed by atoms with Crippen LogP contribution in [-0.4, -0.2) is 4.98 Å². The molecule has 5 heteroatoms. The molecule has 2 heterocycles. The average molecular weight is 257 g/mol. The van der Waals surface area contributed by atoms with Crippen molar-refractivity contribution in [1.29, 1.82) is 0 Å². The zero-order valence-corrected chi connectivity index (χ0v) is 10.8. The predicted molar refractivity (Wildman–Crippen MR) is 73.9 cm³/mol. The molecule has 0 aliphatic rings. The monoisotopic (exact) mass is 257 g/mol. The molecule has 0 bridgehead atoms. The summed E-state index contributed by atoms with van der Waals surface area (Å²) in [5.74, 6) is 1.72. The Labute approximate surface area is 110 Å². The van der Waals surface area contributed by atoms with Crippen molar-refractivity contribution in [2.24, 2.45) is 0 Å². The Morgan fingerprint density at radius 2 is 2.05 bits per heavy atom. The second-order valence-corrected chi connectivity index (χ2v) is 4.53. The van der Waals surface area contributed by atoms with E-state index in [2.05, 4.69) is 10.3 Å². The lowest BCUT2D eigenvalue weighted by Gasteiger charge is -2.08. The minimum absolute atomic E-state index is 0.0250. The highest BCUT2D eigenvalue weighted by molar-refractivity contribution is 5.86. The van der Waals surface area contributed by atoms with Gasteiger partial charge < -0.3 is 19.9 Å². The number of benzene rings is 1. The summed E-state index contributed by atoms with van der Waals surface area (Å²) in [6.45, 7) is 3.90. The first-order chi connectivity index (χ1) is 9.13. The molecule has 98 valence electrons. The van der Waals surface area contributed by atoms with E-state index < -0.39 is 0 Å². The van der Waals surface area contributed by atoms with Crippen LogP contribution in [0.25, 0.3) is 11.1 Å². The van der Waals surface area contributed by atoms with E-state index in [1.54, 1.807) is 6.07 Å². The maximum atomic E-state index is 5.85. The minimum atomic E-state index is -0.0250. The van der Waals surface area contributed by atoms with Gasteiger partial charge in [-0.2, -0.15) is 4.98 Å². The molecule has 3 N–H and O–H groups in total. The summed E-state index contributed by atoms with van der Waals surface area (Å²) in [6, 6.07) is 9.75. The van der Waals surface area contributed by atoms with E-state index in [4.69, 9.17) is 14.6 Å². The fourth-order valence-corrected chi connectivity index (χ4v) is 1.97. The number of hydrogen-bond donors (Lipinski definition) is 2. The Balaban J connectivity index is 1.87. The topological polar surface area (TPSA) is 77.2 Å². The van der Waals surface area contributed by atoms with E-state index >= 15 is 0 Å². The van der Waals surface area contributed by atoms with Crippen LogP contribution < -0.4 is 11.1 Å². The number of aromatic nitrogens is 1. The molecule has 1 unspecified atom stereocenters. The lowest BCUT2D eigenvalue weighted by molar-refractivity contribution is 0.461. The molecule has 0 radical (unpaired) electrons. The molecule has 1 aromatic carbocycles. The van der Waals surface area contributed by atoms with Gasteiger partial charge >= 0.3 is 0 Å². The molecule has 3 aromatic rings. The third-order valence-corrected chi connectivity index (χ3v) is 2.98. The van der Waals surface area contributed by atoms with Crippen LogP contribution in [-0.2, 0) is 0 Å². The molecule has 0 saturated carbocycles. The van der Waals surface area contributed by atoms with Gasteiger partial charge in [0.05, 0.1) is 11.7 Å². The molecule has 0 amide bonds. The van der Waals surface area contributed by atoms with Crippen LogP contribution in [0.1, 0.15) is 24.5 Å². The number of rotatable bonds is 3. The van der Waals surface area contributed by atoms with Gasteiger partial charge in [0.25, 0.3) is 6.01 Å². The molecule has 0 aliphatic carbocycles. The molecular formula is C14H15N3O2. The summed E-state index contributed by atoms with van der Waals surface area (Å²) in [5.41, 5.74) is 7.80. The highest BCUT2D eigenvalue weighted by Crippen LogP contribution is 2.26. The lowest BCUT2D eigenvalue weighted by atomic mass is 10.2. The fourth-order valence-electron chi connectivity index (χ4n) is 1.97. The quantitative estimate of drug-likeness (QED) is 0.702. The number of aryl methyl sites for hydroxylation is 1. The van der Waals surface area contributed by atoms with Gasteiger partial charge in [-0.25, -0.2) is 0 Å². The first-order valence-corrected chi connectivity index (χ1v) is 6.11. The number of nitrogen functional groups attached to an aromatic ring is 1. The van der Waals surface area contributed by atoms with Gasteiger partial charge in [-0.3, -0.25) is 0 Å². The van der Waals surface area contributed by atoms with E-state index in [0.29, 0.717) is 22.8 Å². The molecule has 1 atom stereocenters. The van der Waals surface area contributed by atoms with Crippen LogP contribution in [0.3, 0.4) is 0 Å². The van der Waals surface area contributed by atoms with Gasteiger partial charge in [0, 0.05) is 0 Å². The van der Waals surface area contributed by atoms with E-state index in [0.717, 1.165) is 11.5 Å². The van der Waals surface area contributed by atoms with Crippen LogP contribution in [0.15, 0.2) is 39.2 Å². The van der Waals surface area contributed by atoms with Gasteiger partial charge in [0.15, 0.2) is 5.58 Å². The van der Waals surface area contributed by atoms with Gasteiger partial charge in [0.1, 0.15) is 17.0 Å². The number of furan rings is 1. The number of nitrogens with zero attached hydrogens (tertiary/aromatic N) is 1. The third-order valence-electron chi connectivity index (χ3n) is 2.98. The van der Waals surface area contributed by atoms with Crippen LogP contribution >= 0.6 is 0 Å². The molecule has 5 nitrogen and oxygen atoms in total. The van der Waals surface area contributed by atoms with Crippen molar-refractivity contribution < 1.29 is 8.83 Å². The Kier molecular flexibility index (Phi) is 2.67. The van der Waals surface area contributed by atoms with Crippen molar-refractivity contribution in [1.82, 2.24) is 4.98 Å². The van der Waals surface area contributed by atoms with Gasteiger partial charge in [-0.15, -0.1) is 0 Å². The van der Waals surface area contributed by atoms with Gasteiger partial charge in [-0.1, -0.05) is 6.07 Å². The Morgan fingerprint density at radius 3 is 2.74 bits per heavy atom. The highest BCUT2D eigenvalue weighted by atomic mass is 16.4. The van der Waals surface area contributed by atoms with Crippen molar-refractivity contribution in [3.63, 3.8) is 0 Å². The smallest absolute Gasteiger partial charge is 0.296 e. The number of oxazole rings is 1. The summed E-state index contributed by atoms with van der Waals surface area (Å²) in [6.07, 6.45) is 0. The molecule has 19 heavy (non-hydrogen) atoms. The maximum absolute atomic E-state index is 5.85. The van der Waals surface area contributed by atoms with Crippen molar-refractivity contribution in [2.45, 2.75) is 19.9 Å². The molecular weight excluding hydrogens is 242 g/mol. The highest BCUT2D eigenvalue weighted by Gasteiger charge is 2.14. The summed E-state index contributed by atoms with van der Waals surface area (Å²) < 4.78 is 11.2. The third kappa shape index (κ3) is 2.14. The number of hydrogen-bond acceptors (Lipinski definition) is 5. The van der Waals surface area contributed by atoms with Crippen molar-refractivity contribution in [3.05, 3.63) is 41.9 Å². The minimum Gasteiger partial charge on any atom is -0.464 e. The first kappa shape index (κ1) is 11.6. The normalized spacial score (nSPS) is 12.7. The van der Waals surface area contributed by atoms with E-state index in [1.165, 1.54) is 0 Å². The molecule has 3 rings (SSSR count). The molecule has 0 saturated heterocycles. The van der Waals surface area contributed by atoms with E-state index in [1.807, 2.05) is 38.1 Å². The summed E-state index contributed by atoms with van der Waals surface area (Å²) >= 11 is 0. The van der Waals surface area contributed by atoms with Crippen molar-refractivity contribution in [3.8, 4) is 0 Å².